The molecule has 4 rings (SSSR count). The van der Waals surface area contributed by atoms with E-state index in [1.165, 1.54) is 5.01 Å². The number of carboxylic acids is 1. The van der Waals surface area contributed by atoms with Crippen molar-refractivity contribution in [2.45, 2.75) is 25.3 Å². The highest BCUT2D eigenvalue weighted by atomic mass is 35.5. The van der Waals surface area contributed by atoms with Gasteiger partial charge in [-0.3, -0.25) is 9.59 Å². The van der Waals surface area contributed by atoms with Gasteiger partial charge in [0.2, 0.25) is 5.91 Å². The Balaban J connectivity index is 1.73. The van der Waals surface area contributed by atoms with Crippen LogP contribution >= 0.6 is 11.6 Å². The molecule has 158 valence electrons. The van der Waals surface area contributed by atoms with Crippen LogP contribution < -0.4 is 4.74 Å². The number of methoxy groups -OCH3 is 1. The average molecular weight is 438 g/mol. The van der Waals surface area contributed by atoms with Crippen LogP contribution in [0.2, 0.25) is 5.15 Å². The Morgan fingerprint density at radius 1 is 1.16 bits per heavy atom. The van der Waals surface area contributed by atoms with Crippen LogP contribution in [-0.2, 0) is 9.59 Å². The van der Waals surface area contributed by atoms with Gasteiger partial charge in [-0.2, -0.15) is 5.10 Å². The van der Waals surface area contributed by atoms with Gasteiger partial charge in [0.05, 0.1) is 30.8 Å². The van der Waals surface area contributed by atoms with Gasteiger partial charge < -0.3 is 9.84 Å². The van der Waals surface area contributed by atoms with Gasteiger partial charge in [0.15, 0.2) is 0 Å². The number of fused-ring (bicyclic) bond motifs is 1. The number of benzene rings is 2. The van der Waals surface area contributed by atoms with Crippen molar-refractivity contribution in [3.63, 3.8) is 0 Å². The Morgan fingerprint density at radius 2 is 1.94 bits per heavy atom. The number of carboxylic acid groups (broad SMARTS) is 1. The Bertz CT molecular complexity index is 1180. The lowest BCUT2D eigenvalue weighted by Gasteiger charge is -2.23. The summed E-state index contributed by atoms with van der Waals surface area (Å²) in [6.07, 6.45) is 0.0425. The van der Waals surface area contributed by atoms with E-state index in [4.69, 9.17) is 21.4 Å². The summed E-state index contributed by atoms with van der Waals surface area (Å²) in [4.78, 5) is 28.3. The Morgan fingerprint density at radius 3 is 2.65 bits per heavy atom. The van der Waals surface area contributed by atoms with Crippen LogP contribution in [0.15, 0.2) is 59.7 Å². The molecule has 2 heterocycles. The predicted molar refractivity (Wildman–Crippen MR) is 117 cm³/mol. The molecule has 1 unspecified atom stereocenters. The predicted octanol–water partition coefficient (Wildman–Crippen LogP) is 4.44. The Kier molecular flexibility index (Phi) is 5.86. The van der Waals surface area contributed by atoms with Gasteiger partial charge >= 0.3 is 5.97 Å². The van der Waals surface area contributed by atoms with E-state index < -0.39 is 12.0 Å². The first-order valence-corrected chi connectivity index (χ1v) is 10.1. The highest BCUT2D eigenvalue weighted by Gasteiger charge is 2.34. The normalized spacial score (nSPS) is 15.7. The maximum Gasteiger partial charge on any atom is 0.303 e. The van der Waals surface area contributed by atoms with Crippen LogP contribution in [0, 0.1) is 0 Å². The molecule has 0 bridgehead atoms. The molecule has 0 aliphatic carbocycles. The number of hydrogen-bond donors (Lipinski definition) is 1. The van der Waals surface area contributed by atoms with E-state index in [1.54, 1.807) is 13.2 Å². The summed E-state index contributed by atoms with van der Waals surface area (Å²) in [5, 5.41) is 16.0. The molecule has 3 aromatic rings. The van der Waals surface area contributed by atoms with Crippen LogP contribution in [0.3, 0.4) is 0 Å². The zero-order chi connectivity index (χ0) is 22.0. The molecule has 7 nitrogen and oxygen atoms in total. The fourth-order valence-electron chi connectivity index (χ4n) is 3.62. The molecule has 0 spiro atoms. The van der Waals surface area contributed by atoms with E-state index >= 15 is 0 Å². The smallest absolute Gasteiger partial charge is 0.303 e. The standard InChI is InChI=1S/C23H20ClN3O4/c1-31-16-8-7-15-11-17(23(24)25-18(15)12-16)20-13-19(14-5-3-2-4-6-14)26-27(20)21(28)9-10-22(29)30/h2-8,11-12,20H,9-10,13H2,1H3,(H,29,30). The summed E-state index contributed by atoms with van der Waals surface area (Å²) in [7, 11) is 1.58. The quantitative estimate of drug-likeness (QED) is 0.575. The third-order valence-corrected chi connectivity index (χ3v) is 5.49. The van der Waals surface area contributed by atoms with E-state index in [9.17, 15) is 9.59 Å². The van der Waals surface area contributed by atoms with Gasteiger partial charge in [0.1, 0.15) is 10.9 Å². The Labute approximate surface area is 183 Å². The summed E-state index contributed by atoms with van der Waals surface area (Å²) in [5.74, 6) is -0.732. The zero-order valence-corrected chi connectivity index (χ0v) is 17.5. The number of aromatic nitrogens is 1. The fourth-order valence-corrected chi connectivity index (χ4v) is 3.89. The number of hydrogen-bond acceptors (Lipinski definition) is 5. The van der Waals surface area contributed by atoms with Gasteiger partial charge in [-0.1, -0.05) is 41.9 Å². The number of hydrazone groups is 1. The van der Waals surface area contributed by atoms with Crippen molar-refractivity contribution in [2.75, 3.05) is 7.11 Å². The SMILES string of the molecule is COc1ccc2cc(C3CC(c4ccccc4)=NN3C(=O)CCC(=O)O)c(Cl)nc2c1. The van der Waals surface area contributed by atoms with Crippen LogP contribution in [0.4, 0.5) is 0 Å². The summed E-state index contributed by atoms with van der Waals surface area (Å²) in [6.45, 7) is 0. The lowest BCUT2D eigenvalue weighted by atomic mass is 9.98. The van der Waals surface area contributed by atoms with E-state index in [0.717, 1.165) is 16.7 Å². The summed E-state index contributed by atoms with van der Waals surface area (Å²) in [5.41, 5.74) is 2.98. The molecule has 0 radical (unpaired) electrons. The molecule has 8 heteroatoms. The number of ether oxygens (including phenoxy) is 1. The highest BCUT2D eigenvalue weighted by molar-refractivity contribution is 6.30. The van der Waals surface area contributed by atoms with E-state index in [1.807, 2.05) is 48.5 Å². The minimum atomic E-state index is -1.03. The van der Waals surface area contributed by atoms with E-state index in [-0.39, 0.29) is 23.9 Å². The number of carbonyl (C=O) groups excluding carboxylic acids is 1. The van der Waals surface area contributed by atoms with Gasteiger partial charge in [-0.25, -0.2) is 9.99 Å². The molecule has 0 fully saturated rings. The molecule has 0 saturated carbocycles. The summed E-state index contributed by atoms with van der Waals surface area (Å²) < 4.78 is 5.25. The number of halogens is 1. The minimum absolute atomic E-state index is 0.146. The second-order valence-corrected chi connectivity index (χ2v) is 7.55. The first-order valence-electron chi connectivity index (χ1n) is 9.77. The summed E-state index contributed by atoms with van der Waals surface area (Å²) >= 11 is 6.54. The molecular weight excluding hydrogens is 418 g/mol. The number of pyridine rings is 1. The van der Waals surface area contributed by atoms with Gasteiger partial charge in [0.25, 0.3) is 0 Å². The van der Waals surface area contributed by atoms with Gasteiger partial charge in [-0.05, 0) is 23.8 Å². The maximum absolute atomic E-state index is 12.8. The average Bonchev–Trinajstić information content (AvgIpc) is 3.22. The molecule has 0 saturated heterocycles. The van der Waals surface area contributed by atoms with Crippen LogP contribution in [0.25, 0.3) is 10.9 Å². The molecule has 1 aliphatic rings. The largest absolute Gasteiger partial charge is 0.497 e. The van der Waals surface area contributed by atoms with E-state index in [0.29, 0.717) is 23.3 Å². The van der Waals surface area contributed by atoms with Crippen LogP contribution in [-0.4, -0.2) is 39.8 Å². The molecular formula is C23H20ClN3O4. The van der Waals surface area contributed by atoms with E-state index in [2.05, 4.69) is 10.1 Å². The maximum atomic E-state index is 12.8. The zero-order valence-electron chi connectivity index (χ0n) is 16.8. The van der Waals surface area contributed by atoms with Crippen molar-refractivity contribution in [3.05, 3.63) is 70.9 Å². The topological polar surface area (TPSA) is 92.1 Å². The van der Waals surface area contributed by atoms with Crippen molar-refractivity contribution >= 4 is 40.1 Å². The minimum Gasteiger partial charge on any atom is -0.497 e. The molecule has 1 aromatic heterocycles. The lowest BCUT2D eigenvalue weighted by molar-refractivity contribution is -0.141. The number of carbonyl (C=O) groups is 2. The first-order chi connectivity index (χ1) is 15.0. The van der Waals surface area contributed by atoms with Gasteiger partial charge in [-0.15, -0.1) is 0 Å². The van der Waals surface area contributed by atoms with Crippen LogP contribution in [0.5, 0.6) is 5.75 Å². The lowest BCUT2D eigenvalue weighted by Crippen LogP contribution is -2.27. The second-order valence-electron chi connectivity index (χ2n) is 7.19. The number of nitrogens with zero attached hydrogens (tertiary/aromatic N) is 3. The Hall–Kier alpha value is -3.45. The second kappa shape index (κ2) is 8.73. The van der Waals surface area contributed by atoms with Crippen molar-refractivity contribution in [3.8, 4) is 5.75 Å². The number of aliphatic carboxylic acids is 1. The molecule has 1 aliphatic heterocycles. The molecule has 1 amide bonds. The number of rotatable bonds is 6. The molecule has 31 heavy (non-hydrogen) atoms. The monoisotopic (exact) mass is 437 g/mol. The number of amides is 1. The van der Waals surface area contributed by atoms with Crippen molar-refractivity contribution in [1.29, 1.82) is 0 Å². The first kappa shape index (κ1) is 20.8. The van der Waals surface area contributed by atoms with Crippen molar-refractivity contribution in [1.82, 2.24) is 9.99 Å². The molecule has 1 atom stereocenters. The molecule has 1 N–H and O–H groups in total. The van der Waals surface area contributed by atoms with Crippen LogP contribution in [0.1, 0.15) is 36.4 Å². The highest BCUT2D eigenvalue weighted by Crippen LogP contribution is 2.38. The van der Waals surface area contributed by atoms with Crippen molar-refractivity contribution in [2.24, 2.45) is 5.10 Å². The van der Waals surface area contributed by atoms with Gasteiger partial charge in [0, 0.05) is 29.9 Å². The van der Waals surface area contributed by atoms with Crippen molar-refractivity contribution < 1.29 is 19.4 Å². The third-order valence-electron chi connectivity index (χ3n) is 5.19. The third kappa shape index (κ3) is 4.36. The summed E-state index contributed by atoms with van der Waals surface area (Å²) in [6, 6.07) is 16.5. The fraction of sp³-hybridized carbons (Fsp3) is 0.217. The molecule has 2 aromatic carbocycles.